The van der Waals surface area contributed by atoms with E-state index < -0.39 is 12.0 Å². The Bertz CT molecular complexity index is 539. The molecule has 0 unspecified atom stereocenters. The van der Waals surface area contributed by atoms with Crippen molar-refractivity contribution >= 4 is 23.2 Å². The maximum atomic E-state index is 12.5. The SMILES string of the molecule is Cc1ccc([C@@H]2C[C@H]2C(=O)N2CCCC[C@H]2C(=O)O)s1. The molecule has 3 rings (SSSR count). The number of piperidine rings is 1. The van der Waals surface area contributed by atoms with Crippen molar-refractivity contribution in [3.63, 3.8) is 0 Å². The minimum Gasteiger partial charge on any atom is -0.480 e. The number of likely N-dealkylation sites (tertiary alicyclic amines) is 1. The highest BCUT2D eigenvalue weighted by Gasteiger charge is 2.48. The number of hydrogen-bond donors (Lipinski definition) is 1. The number of thiophene rings is 1. The number of rotatable bonds is 3. The zero-order valence-corrected chi connectivity index (χ0v) is 12.4. The molecule has 0 radical (unpaired) electrons. The maximum absolute atomic E-state index is 12.5. The van der Waals surface area contributed by atoms with Gasteiger partial charge in [0.15, 0.2) is 0 Å². The third-order valence-corrected chi connectivity index (χ3v) is 5.44. The quantitative estimate of drug-likeness (QED) is 0.932. The number of carbonyl (C=O) groups excluding carboxylic acids is 1. The van der Waals surface area contributed by atoms with Gasteiger partial charge in [-0.15, -0.1) is 11.3 Å². The van der Waals surface area contributed by atoms with Crippen LogP contribution in [0.5, 0.6) is 0 Å². The van der Waals surface area contributed by atoms with E-state index in [4.69, 9.17) is 0 Å². The summed E-state index contributed by atoms with van der Waals surface area (Å²) in [5, 5.41) is 9.25. The van der Waals surface area contributed by atoms with Gasteiger partial charge in [-0.05, 0) is 44.7 Å². The summed E-state index contributed by atoms with van der Waals surface area (Å²) in [4.78, 5) is 27.9. The molecule has 0 aromatic carbocycles. The fourth-order valence-corrected chi connectivity index (χ4v) is 4.16. The van der Waals surface area contributed by atoms with Crippen molar-refractivity contribution in [2.75, 3.05) is 6.54 Å². The summed E-state index contributed by atoms with van der Waals surface area (Å²) in [6, 6.07) is 3.58. The standard InChI is InChI=1S/C15H19NO3S/c1-9-5-6-13(20-9)10-8-11(10)14(17)16-7-3-2-4-12(16)15(18)19/h5-6,10-12H,2-4,7-8H2,1H3,(H,18,19)/t10-,11-,12+/m1/s1. The van der Waals surface area contributed by atoms with Gasteiger partial charge in [-0.2, -0.15) is 0 Å². The summed E-state index contributed by atoms with van der Waals surface area (Å²) in [7, 11) is 0. The van der Waals surface area contributed by atoms with Crippen LogP contribution in [0.2, 0.25) is 0 Å². The van der Waals surface area contributed by atoms with Gasteiger partial charge in [-0.3, -0.25) is 4.79 Å². The molecule has 1 aliphatic heterocycles. The van der Waals surface area contributed by atoms with E-state index in [-0.39, 0.29) is 11.8 Å². The molecule has 3 atom stereocenters. The fraction of sp³-hybridized carbons (Fsp3) is 0.600. The molecule has 1 aromatic heterocycles. The van der Waals surface area contributed by atoms with Crippen LogP contribution < -0.4 is 0 Å². The van der Waals surface area contributed by atoms with Crippen molar-refractivity contribution in [1.29, 1.82) is 0 Å². The lowest BCUT2D eigenvalue weighted by molar-refractivity contribution is -0.152. The van der Waals surface area contributed by atoms with E-state index in [1.807, 2.05) is 0 Å². The summed E-state index contributed by atoms with van der Waals surface area (Å²) in [6.07, 6.45) is 3.29. The van der Waals surface area contributed by atoms with Gasteiger partial charge in [-0.1, -0.05) is 0 Å². The van der Waals surface area contributed by atoms with Gasteiger partial charge in [0, 0.05) is 28.1 Å². The Balaban J connectivity index is 1.69. The Kier molecular flexibility index (Phi) is 3.54. The molecule has 0 bridgehead atoms. The second kappa shape index (κ2) is 5.20. The van der Waals surface area contributed by atoms with Gasteiger partial charge < -0.3 is 10.0 Å². The maximum Gasteiger partial charge on any atom is 0.326 e. The Labute approximate surface area is 122 Å². The third kappa shape index (κ3) is 2.46. The van der Waals surface area contributed by atoms with Crippen LogP contribution >= 0.6 is 11.3 Å². The number of amides is 1. The van der Waals surface area contributed by atoms with Crippen LogP contribution in [0, 0.1) is 12.8 Å². The fourth-order valence-electron chi connectivity index (χ4n) is 3.10. The molecule has 20 heavy (non-hydrogen) atoms. The van der Waals surface area contributed by atoms with E-state index in [0.717, 1.165) is 19.3 Å². The number of carboxylic acid groups (broad SMARTS) is 1. The van der Waals surface area contributed by atoms with Crippen LogP contribution in [-0.4, -0.2) is 34.5 Å². The van der Waals surface area contributed by atoms with Crippen LogP contribution in [0.15, 0.2) is 12.1 Å². The molecular formula is C15H19NO3S. The van der Waals surface area contributed by atoms with Crippen LogP contribution in [0.3, 0.4) is 0 Å². The van der Waals surface area contributed by atoms with Gasteiger partial charge in [0.2, 0.25) is 5.91 Å². The van der Waals surface area contributed by atoms with E-state index in [1.54, 1.807) is 16.2 Å². The second-order valence-corrected chi connectivity index (χ2v) is 7.10. The predicted octanol–water partition coefficient (Wildman–Crippen LogP) is 2.63. The van der Waals surface area contributed by atoms with Crippen molar-refractivity contribution in [2.24, 2.45) is 5.92 Å². The van der Waals surface area contributed by atoms with Crippen molar-refractivity contribution in [1.82, 2.24) is 4.90 Å². The number of carbonyl (C=O) groups is 2. The zero-order valence-electron chi connectivity index (χ0n) is 11.5. The average Bonchev–Trinajstić information content (AvgIpc) is 3.13. The molecule has 1 saturated heterocycles. The molecule has 108 valence electrons. The van der Waals surface area contributed by atoms with Crippen LogP contribution in [-0.2, 0) is 9.59 Å². The monoisotopic (exact) mass is 293 g/mol. The van der Waals surface area contributed by atoms with Gasteiger partial charge in [-0.25, -0.2) is 4.79 Å². The molecule has 1 amide bonds. The predicted molar refractivity (Wildman–Crippen MR) is 76.9 cm³/mol. The Morgan fingerprint density at radius 3 is 2.80 bits per heavy atom. The Morgan fingerprint density at radius 2 is 2.15 bits per heavy atom. The number of carboxylic acids is 1. The van der Waals surface area contributed by atoms with E-state index in [1.165, 1.54) is 9.75 Å². The first-order valence-electron chi connectivity index (χ1n) is 7.17. The van der Waals surface area contributed by atoms with Gasteiger partial charge >= 0.3 is 5.97 Å². The molecule has 2 heterocycles. The van der Waals surface area contributed by atoms with Crippen molar-refractivity contribution < 1.29 is 14.7 Å². The van der Waals surface area contributed by atoms with Crippen LogP contribution in [0.1, 0.15) is 41.4 Å². The van der Waals surface area contributed by atoms with E-state index in [0.29, 0.717) is 18.9 Å². The Morgan fingerprint density at radius 1 is 1.35 bits per heavy atom. The lowest BCUT2D eigenvalue weighted by atomic mass is 10.0. The summed E-state index contributed by atoms with van der Waals surface area (Å²) in [5.41, 5.74) is 0. The highest BCUT2D eigenvalue weighted by Crippen LogP contribution is 2.51. The molecule has 2 aliphatic rings. The number of aryl methyl sites for hydroxylation is 1. The molecule has 1 aromatic rings. The summed E-state index contributed by atoms with van der Waals surface area (Å²) < 4.78 is 0. The molecule has 1 aliphatic carbocycles. The zero-order chi connectivity index (χ0) is 14.3. The molecule has 5 heteroatoms. The van der Waals surface area contributed by atoms with Gasteiger partial charge in [0.05, 0.1) is 0 Å². The van der Waals surface area contributed by atoms with E-state index in [2.05, 4.69) is 19.1 Å². The second-order valence-electron chi connectivity index (χ2n) is 5.78. The van der Waals surface area contributed by atoms with Crippen LogP contribution in [0.25, 0.3) is 0 Å². The highest BCUT2D eigenvalue weighted by molar-refractivity contribution is 7.12. The number of nitrogens with zero attached hydrogens (tertiary/aromatic N) is 1. The normalized spacial score (nSPS) is 29.2. The van der Waals surface area contributed by atoms with Crippen molar-refractivity contribution in [2.45, 2.75) is 44.6 Å². The highest BCUT2D eigenvalue weighted by atomic mass is 32.1. The first kappa shape index (κ1) is 13.6. The average molecular weight is 293 g/mol. The van der Waals surface area contributed by atoms with E-state index in [9.17, 15) is 14.7 Å². The molecule has 0 spiro atoms. The largest absolute Gasteiger partial charge is 0.480 e. The smallest absolute Gasteiger partial charge is 0.326 e. The molecule has 4 nitrogen and oxygen atoms in total. The first-order valence-corrected chi connectivity index (χ1v) is 7.99. The molecule has 1 saturated carbocycles. The summed E-state index contributed by atoms with van der Waals surface area (Å²) in [6.45, 7) is 2.67. The number of aliphatic carboxylic acids is 1. The molecule has 1 N–H and O–H groups in total. The van der Waals surface area contributed by atoms with Gasteiger partial charge in [0.25, 0.3) is 0 Å². The van der Waals surface area contributed by atoms with Crippen LogP contribution in [0.4, 0.5) is 0 Å². The minimum absolute atomic E-state index is 0.00741. The van der Waals surface area contributed by atoms with E-state index >= 15 is 0 Å². The summed E-state index contributed by atoms with van der Waals surface area (Å²) in [5.74, 6) is -0.485. The minimum atomic E-state index is -0.859. The summed E-state index contributed by atoms with van der Waals surface area (Å²) >= 11 is 1.75. The Hall–Kier alpha value is -1.36. The lowest BCUT2D eigenvalue weighted by Gasteiger charge is -2.33. The third-order valence-electron chi connectivity index (χ3n) is 4.31. The molecule has 2 fully saturated rings. The van der Waals surface area contributed by atoms with Crippen molar-refractivity contribution in [3.05, 3.63) is 21.9 Å². The lowest BCUT2D eigenvalue weighted by Crippen LogP contribution is -2.48. The first-order chi connectivity index (χ1) is 9.58. The van der Waals surface area contributed by atoms with Crippen molar-refractivity contribution in [3.8, 4) is 0 Å². The molecular weight excluding hydrogens is 274 g/mol. The topological polar surface area (TPSA) is 57.6 Å². The number of hydrogen-bond acceptors (Lipinski definition) is 3. The van der Waals surface area contributed by atoms with Gasteiger partial charge in [0.1, 0.15) is 6.04 Å².